The van der Waals surface area contributed by atoms with Crippen LogP contribution in [0.4, 0.5) is 5.69 Å². The fraction of sp³-hybridized carbons (Fsp3) is 0.304. The second kappa shape index (κ2) is 7.23. The van der Waals surface area contributed by atoms with E-state index < -0.39 is 0 Å². The van der Waals surface area contributed by atoms with E-state index in [0.29, 0.717) is 24.7 Å². The molecule has 8 nitrogen and oxygen atoms in total. The van der Waals surface area contributed by atoms with Gasteiger partial charge in [-0.2, -0.15) is 4.98 Å². The Bertz CT molecular complexity index is 1330. The van der Waals surface area contributed by atoms with Gasteiger partial charge in [-0.25, -0.2) is 4.79 Å². The summed E-state index contributed by atoms with van der Waals surface area (Å²) in [5, 5.41) is 4.12. The standard InChI is InChI=1S/C23H23N5O3/c1-13(2)28-19-9-6-15(10-18(19)24-23(28)30)21-25-22(31-26-21)16-11-20(29)27(12-16)17-7-4-14(3)5-8-17/h4-10,13,16H,11-12H2,1-3H3,(H,24,30)/t16-/m1/s1. The number of rotatable bonds is 4. The number of fused-ring (bicyclic) bond motifs is 1. The van der Waals surface area contributed by atoms with Gasteiger partial charge in [0.05, 0.1) is 17.0 Å². The van der Waals surface area contributed by atoms with Gasteiger partial charge in [0.25, 0.3) is 0 Å². The van der Waals surface area contributed by atoms with Gasteiger partial charge in [-0.15, -0.1) is 0 Å². The zero-order valence-electron chi connectivity index (χ0n) is 17.6. The average molecular weight is 417 g/mol. The van der Waals surface area contributed by atoms with Crippen molar-refractivity contribution in [1.82, 2.24) is 19.7 Å². The monoisotopic (exact) mass is 417 g/mol. The van der Waals surface area contributed by atoms with Gasteiger partial charge in [-0.05, 0) is 51.1 Å². The molecule has 8 heteroatoms. The Morgan fingerprint density at radius 1 is 1.13 bits per heavy atom. The number of aromatic amines is 1. The number of benzene rings is 2. The van der Waals surface area contributed by atoms with E-state index in [4.69, 9.17) is 4.52 Å². The third-order valence-corrected chi connectivity index (χ3v) is 5.75. The number of H-pyrrole nitrogens is 1. The normalized spacial score (nSPS) is 16.7. The lowest BCUT2D eigenvalue weighted by molar-refractivity contribution is -0.117. The van der Waals surface area contributed by atoms with Gasteiger partial charge in [-0.3, -0.25) is 9.36 Å². The van der Waals surface area contributed by atoms with E-state index in [1.165, 1.54) is 0 Å². The summed E-state index contributed by atoms with van der Waals surface area (Å²) in [5.74, 6) is 0.783. The summed E-state index contributed by atoms with van der Waals surface area (Å²) in [5.41, 5.74) is 4.19. The number of hydrogen-bond acceptors (Lipinski definition) is 5. The van der Waals surface area contributed by atoms with Crippen LogP contribution in [0.1, 0.15) is 43.7 Å². The largest absolute Gasteiger partial charge is 0.339 e. The van der Waals surface area contributed by atoms with Gasteiger partial charge in [0.2, 0.25) is 17.6 Å². The number of amides is 1. The van der Waals surface area contributed by atoms with Gasteiger partial charge in [0.15, 0.2) is 0 Å². The third-order valence-electron chi connectivity index (χ3n) is 5.75. The first kappa shape index (κ1) is 19.3. The maximum Gasteiger partial charge on any atom is 0.326 e. The highest BCUT2D eigenvalue weighted by molar-refractivity contribution is 5.96. The molecular formula is C23H23N5O3. The van der Waals surface area contributed by atoms with Gasteiger partial charge in [0, 0.05) is 30.3 Å². The Balaban J connectivity index is 1.41. The van der Waals surface area contributed by atoms with Crippen LogP contribution in [0.5, 0.6) is 0 Å². The molecule has 0 radical (unpaired) electrons. The fourth-order valence-electron chi connectivity index (χ4n) is 4.15. The predicted octanol–water partition coefficient (Wildman–Crippen LogP) is 3.79. The van der Waals surface area contributed by atoms with E-state index in [1.54, 1.807) is 9.47 Å². The van der Waals surface area contributed by atoms with Crippen molar-refractivity contribution in [3.63, 3.8) is 0 Å². The Morgan fingerprint density at radius 2 is 1.90 bits per heavy atom. The number of aromatic nitrogens is 4. The fourth-order valence-corrected chi connectivity index (χ4v) is 4.15. The van der Waals surface area contributed by atoms with Crippen LogP contribution >= 0.6 is 0 Å². The minimum absolute atomic E-state index is 0.0441. The summed E-state index contributed by atoms with van der Waals surface area (Å²) < 4.78 is 7.23. The maximum atomic E-state index is 12.6. The number of nitrogens with one attached hydrogen (secondary N) is 1. The van der Waals surface area contributed by atoms with Crippen molar-refractivity contribution in [2.45, 2.75) is 39.2 Å². The Labute approximate surface area is 178 Å². The minimum Gasteiger partial charge on any atom is -0.339 e. The zero-order chi connectivity index (χ0) is 21.7. The van der Waals surface area contributed by atoms with Crippen molar-refractivity contribution >= 4 is 22.6 Å². The number of imidazole rings is 1. The first-order chi connectivity index (χ1) is 14.9. The van der Waals surface area contributed by atoms with Crippen molar-refractivity contribution in [2.24, 2.45) is 0 Å². The molecular weight excluding hydrogens is 394 g/mol. The van der Waals surface area contributed by atoms with Gasteiger partial charge in [0.1, 0.15) is 0 Å². The first-order valence-electron chi connectivity index (χ1n) is 10.4. The van der Waals surface area contributed by atoms with E-state index >= 15 is 0 Å². The van der Waals surface area contributed by atoms with Crippen molar-refractivity contribution in [2.75, 3.05) is 11.4 Å². The Hall–Kier alpha value is -3.68. The number of nitrogens with zero attached hydrogens (tertiary/aromatic N) is 4. The molecule has 5 rings (SSSR count). The second-order valence-corrected chi connectivity index (χ2v) is 8.32. The Kier molecular flexibility index (Phi) is 4.50. The molecule has 158 valence electrons. The van der Waals surface area contributed by atoms with Crippen molar-refractivity contribution in [3.8, 4) is 11.4 Å². The lowest BCUT2D eigenvalue weighted by Gasteiger charge is -2.16. The number of carbonyl (C=O) groups excluding carboxylic acids is 1. The van der Waals surface area contributed by atoms with Crippen LogP contribution in [0, 0.1) is 6.92 Å². The van der Waals surface area contributed by atoms with Crippen LogP contribution in [0.3, 0.4) is 0 Å². The average Bonchev–Trinajstić information content (AvgIpc) is 3.44. The molecule has 1 fully saturated rings. The topological polar surface area (TPSA) is 97.0 Å². The van der Waals surface area contributed by atoms with Crippen molar-refractivity contribution in [1.29, 1.82) is 0 Å². The van der Waals surface area contributed by atoms with E-state index in [9.17, 15) is 9.59 Å². The van der Waals surface area contributed by atoms with E-state index in [0.717, 1.165) is 27.8 Å². The van der Waals surface area contributed by atoms with Crippen LogP contribution < -0.4 is 10.6 Å². The first-order valence-corrected chi connectivity index (χ1v) is 10.4. The van der Waals surface area contributed by atoms with Gasteiger partial charge < -0.3 is 14.4 Å². The van der Waals surface area contributed by atoms with E-state index in [2.05, 4.69) is 15.1 Å². The Morgan fingerprint density at radius 3 is 2.65 bits per heavy atom. The van der Waals surface area contributed by atoms with Gasteiger partial charge >= 0.3 is 5.69 Å². The molecule has 2 aromatic carbocycles. The molecule has 1 N–H and O–H groups in total. The van der Waals surface area contributed by atoms with Crippen LogP contribution in [0.25, 0.3) is 22.4 Å². The van der Waals surface area contributed by atoms with Crippen LogP contribution in [0.15, 0.2) is 51.8 Å². The number of aryl methyl sites for hydroxylation is 1. The van der Waals surface area contributed by atoms with Crippen LogP contribution in [0.2, 0.25) is 0 Å². The molecule has 1 aliphatic heterocycles. The van der Waals surface area contributed by atoms with Crippen LogP contribution in [-0.4, -0.2) is 32.1 Å². The molecule has 4 aromatic rings. The number of carbonyl (C=O) groups is 1. The molecule has 0 bridgehead atoms. The molecule has 31 heavy (non-hydrogen) atoms. The highest BCUT2D eigenvalue weighted by atomic mass is 16.5. The maximum absolute atomic E-state index is 12.6. The van der Waals surface area contributed by atoms with E-state index in [1.807, 2.05) is 63.2 Å². The molecule has 3 heterocycles. The second-order valence-electron chi connectivity index (χ2n) is 8.32. The zero-order valence-corrected chi connectivity index (χ0v) is 17.6. The molecule has 0 spiro atoms. The highest BCUT2D eigenvalue weighted by Crippen LogP contribution is 2.32. The SMILES string of the molecule is Cc1ccc(N2C[C@H](c3nc(-c4ccc5c(c4)[nH]c(=O)n5C(C)C)no3)CC2=O)cc1. The summed E-state index contributed by atoms with van der Waals surface area (Å²) in [4.78, 5) is 34.0. The number of anilines is 1. The van der Waals surface area contributed by atoms with Gasteiger partial charge in [-0.1, -0.05) is 22.9 Å². The summed E-state index contributed by atoms with van der Waals surface area (Å²) >= 11 is 0. The smallest absolute Gasteiger partial charge is 0.326 e. The molecule has 0 aliphatic carbocycles. The highest BCUT2D eigenvalue weighted by Gasteiger charge is 2.35. The summed E-state index contributed by atoms with van der Waals surface area (Å²) in [7, 11) is 0. The lowest BCUT2D eigenvalue weighted by Crippen LogP contribution is -2.24. The minimum atomic E-state index is -0.152. The third kappa shape index (κ3) is 3.34. The molecule has 1 saturated heterocycles. The van der Waals surface area contributed by atoms with E-state index in [-0.39, 0.29) is 23.6 Å². The molecule has 1 amide bonds. The summed E-state index contributed by atoms with van der Waals surface area (Å²) in [6, 6.07) is 13.6. The van der Waals surface area contributed by atoms with Crippen LogP contribution in [-0.2, 0) is 4.79 Å². The molecule has 0 saturated carbocycles. The number of hydrogen-bond donors (Lipinski definition) is 1. The molecule has 0 unspecified atom stereocenters. The van der Waals surface area contributed by atoms with Crippen molar-refractivity contribution < 1.29 is 9.32 Å². The molecule has 1 atom stereocenters. The summed E-state index contributed by atoms with van der Waals surface area (Å²) in [6.45, 7) is 6.46. The lowest BCUT2D eigenvalue weighted by atomic mass is 10.1. The molecule has 2 aromatic heterocycles. The molecule has 1 aliphatic rings. The van der Waals surface area contributed by atoms with Crippen molar-refractivity contribution in [3.05, 3.63) is 64.4 Å². The predicted molar refractivity (Wildman–Crippen MR) is 117 cm³/mol. The summed E-state index contributed by atoms with van der Waals surface area (Å²) in [6.07, 6.45) is 0.332. The quantitative estimate of drug-likeness (QED) is 0.545.